The van der Waals surface area contributed by atoms with Gasteiger partial charge in [-0.25, -0.2) is 0 Å². The first-order valence-corrected chi connectivity index (χ1v) is 7.89. The topological polar surface area (TPSA) is 87.7 Å². The second kappa shape index (κ2) is 5.53. The lowest BCUT2D eigenvalue weighted by molar-refractivity contribution is -0.147. The molecule has 0 saturated heterocycles. The summed E-state index contributed by atoms with van der Waals surface area (Å²) in [6.07, 6.45) is 2.82. The van der Waals surface area contributed by atoms with E-state index in [2.05, 4.69) is 10.6 Å². The smallest absolute Gasteiger partial charge is 0.278 e. The van der Waals surface area contributed by atoms with Crippen molar-refractivity contribution < 1.29 is 19.4 Å². The fourth-order valence-corrected chi connectivity index (χ4v) is 2.99. The van der Waals surface area contributed by atoms with Crippen molar-refractivity contribution in [3.8, 4) is 5.75 Å². The number of nitrogens with one attached hydrogen (secondary N) is 2. The number of anilines is 1. The zero-order valence-corrected chi connectivity index (χ0v) is 13.4. The van der Waals surface area contributed by atoms with E-state index in [4.69, 9.17) is 4.74 Å². The summed E-state index contributed by atoms with van der Waals surface area (Å²) < 4.78 is 5.71. The van der Waals surface area contributed by atoms with E-state index < -0.39 is 17.4 Å². The molecule has 1 atom stereocenters. The summed E-state index contributed by atoms with van der Waals surface area (Å²) in [5.74, 6) is -0.492. The van der Waals surface area contributed by atoms with E-state index in [0.717, 1.165) is 24.8 Å². The van der Waals surface area contributed by atoms with Crippen LogP contribution in [-0.2, 0) is 9.59 Å². The highest BCUT2D eigenvalue weighted by Crippen LogP contribution is 2.40. The van der Waals surface area contributed by atoms with E-state index in [-0.39, 0.29) is 12.0 Å². The number of aliphatic hydroxyl groups excluding tert-OH is 1. The molecule has 23 heavy (non-hydrogen) atoms. The van der Waals surface area contributed by atoms with E-state index in [1.165, 1.54) is 6.92 Å². The van der Waals surface area contributed by atoms with Gasteiger partial charge in [0.05, 0.1) is 12.3 Å². The van der Waals surface area contributed by atoms with Gasteiger partial charge in [0.25, 0.3) is 17.4 Å². The van der Waals surface area contributed by atoms with Crippen molar-refractivity contribution in [1.82, 2.24) is 5.32 Å². The van der Waals surface area contributed by atoms with E-state index in [1.807, 2.05) is 13.0 Å². The second-order valence-corrected chi connectivity index (χ2v) is 6.78. The van der Waals surface area contributed by atoms with Crippen LogP contribution in [0.15, 0.2) is 18.2 Å². The number of ether oxygens (including phenoxy) is 1. The van der Waals surface area contributed by atoms with Crippen molar-refractivity contribution in [2.75, 3.05) is 18.5 Å². The van der Waals surface area contributed by atoms with E-state index in [0.29, 0.717) is 18.0 Å². The summed E-state index contributed by atoms with van der Waals surface area (Å²) in [5, 5.41) is 15.0. The Kier molecular flexibility index (Phi) is 3.80. The molecule has 1 heterocycles. The van der Waals surface area contributed by atoms with Crippen molar-refractivity contribution in [1.29, 1.82) is 0 Å². The molecule has 6 heteroatoms. The Balaban J connectivity index is 1.74. The van der Waals surface area contributed by atoms with Gasteiger partial charge in [-0.2, -0.15) is 0 Å². The Bertz CT molecular complexity index is 648. The molecule has 2 amide bonds. The zero-order chi connectivity index (χ0) is 16.7. The van der Waals surface area contributed by atoms with Gasteiger partial charge in [0.15, 0.2) is 0 Å². The SMILES string of the molecule is Cc1ccc2c(c1)NC(=O)C(C)(C(=O)NCC1(CO)CCC1)O2. The molecule has 1 saturated carbocycles. The highest BCUT2D eigenvalue weighted by molar-refractivity contribution is 6.15. The molecule has 3 rings (SSSR count). The molecule has 1 aromatic carbocycles. The van der Waals surface area contributed by atoms with Crippen molar-refractivity contribution in [2.45, 2.75) is 38.7 Å². The lowest BCUT2D eigenvalue weighted by Crippen LogP contribution is -2.60. The monoisotopic (exact) mass is 318 g/mol. The summed E-state index contributed by atoms with van der Waals surface area (Å²) in [7, 11) is 0. The van der Waals surface area contributed by atoms with Crippen LogP contribution < -0.4 is 15.4 Å². The third-order valence-electron chi connectivity index (χ3n) is 4.94. The number of aryl methyl sites for hydroxylation is 1. The van der Waals surface area contributed by atoms with Crippen molar-refractivity contribution >= 4 is 17.5 Å². The fourth-order valence-electron chi connectivity index (χ4n) is 2.99. The van der Waals surface area contributed by atoms with Gasteiger partial charge in [-0.15, -0.1) is 0 Å². The number of carbonyl (C=O) groups is 2. The number of hydrogen-bond acceptors (Lipinski definition) is 4. The molecule has 3 N–H and O–H groups in total. The lowest BCUT2D eigenvalue weighted by Gasteiger charge is -2.41. The first kappa shape index (κ1) is 15.8. The molecule has 1 aliphatic carbocycles. The largest absolute Gasteiger partial charge is 0.466 e. The molecule has 0 bridgehead atoms. The molecule has 124 valence electrons. The van der Waals surface area contributed by atoms with Gasteiger partial charge in [-0.05, 0) is 44.4 Å². The van der Waals surface area contributed by atoms with Gasteiger partial charge < -0.3 is 20.5 Å². The molecule has 1 fully saturated rings. The van der Waals surface area contributed by atoms with Crippen molar-refractivity contribution in [2.24, 2.45) is 5.41 Å². The molecule has 1 aliphatic heterocycles. The normalized spacial score (nSPS) is 24.7. The molecule has 0 spiro atoms. The summed E-state index contributed by atoms with van der Waals surface area (Å²) in [6.45, 7) is 3.78. The Morgan fingerprint density at radius 3 is 2.78 bits per heavy atom. The zero-order valence-electron chi connectivity index (χ0n) is 13.4. The van der Waals surface area contributed by atoms with Crippen molar-refractivity contribution in [3.05, 3.63) is 23.8 Å². The Labute approximate surface area is 135 Å². The fraction of sp³-hybridized carbons (Fsp3) is 0.529. The minimum atomic E-state index is -1.61. The van der Waals surface area contributed by atoms with Gasteiger partial charge in [0.1, 0.15) is 5.75 Å². The van der Waals surface area contributed by atoms with Gasteiger partial charge in [-0.1, -0.05) is 12.5 Å². The molecule has 0 radical (unpaired) electrons. The summed E-state index contributed by atoms with van der Waals surface area (Å²) >= 11 is 0. The maximum absolute atomic E-state index is 12.5. The molecule has 0 aromatic heterocycles. The van der Waals surface area contributed by atoms with E-state index in [9.17, 15) is 14.7 Å². The van der Waals surface area contributed by atoms with Crippen LogP contribution in [0.3, 0.4) is 0 Å². The number of aliphatic hydroxyl groups is 1. The van der Waals surface area contributed by atoms with Crippen LogP contribution in [0.5, 0.6) is 5.75 Å². The maximum Gasteiger partial charge on any atom is 0.278 e. The third kappa shape index (κ3) is 2.67. The lowest BCUT2D eigenvalue weighted by atomic mass is 9.69. The predicted octanol–water partition coefficient (Wildman–Crippen LogP) is 1.36. The number of rotatable bonds is 4. The average molecular weight is 318 g/mol. The van der Waals surface area contributed by atoms with Crippen molar-refractivity contribution in [3.63, 3.8) is 0 Å². The molecule has 1 aromatic rings. The minimum absolute atomic E-state index is 0.0408. The number of amides is 2. The van der Waals surface area contributed by atoms with Gasteiger partial charge in [0, 0.05) is 12.0 Å². The molecular formula is C17H22N2O4. The summed E-state index contributed by atoms with van der Waals surface area (Å²) in [5.41, 5.74) is -0.281. The van der Waals surface area contributed by atoms with Crippen LogP contribution in [0.25, 0.3) is 0 Å². The van der Waals surface area contributed by atoms with Gasteiger partial charge >= 0.3 is 0 Å². The molecular weight excluding hydrogens is 296 g/mol. The number of fused-ring (bicyclic) bond motifs is 1. The molecule has 6 nitrogen and oxygen atoms in total. The average Bonchev–Trinajstić information content (AvgIpc) is 2.48. The van der Waals surface area contributed by atoms with E-state index >= 15 is 0 Å². The standard InChI is InChI=1S/C17H22N2O4/c1-11-4-5-13-12(8-11)19-15(22)16(2,23-13)14(21)18-9-17(10-20)6-3-7-17/h4-5,8,20H,3,6-7,9-10H2,1-2H3,(H,18,21)(H,19,22). The predicted molar refractivity (Wildman–Crippen MR) is 85.2 cm³/mol. The number of carbonyl (C=O) groups excluding carboxylic acids is 2. The van der Waals surface area contributed by atoms with Gasteiger partial charge in [-0.3, -0.25) is 9.59 Å². The van der Waals surface area contributed by atoms with Crippen LogP contribution in [0.1, 0.15) is 31.7 Å². The van der Waals surface area contributed by atoms with Crippen LogP contribution in [0.2, 0.25) is 0 Å². The maximum atomic E-state index is 12.5. The quantitative estimate of drug-likeness (QED) is 0.732. The van der Waals surface area contributed by atoms with Crippen LogP contribution in [0, 0.1) is 12.3 Å². The Hall–Kier alpha value is -2.08. The van der Waals surface area contributed by atoms with Crippen LogP contribution in [-0.4, -0.2) is 35.7 Å². The minimum Gasteiger partial charge on any atom is -0.466 e. The molecule has 1 unspecified atom stereocenters. The highest BCUT2D eigenvalue weighted by Gasteiger charge is 2.48. The molecule has 2 aliphatic rings. The van der Waals surface area contributed by atoms with Crippen LogP contribution in [0.4, 0.5) is 5.69 Å². The Morgan fingerprint density at radius 2 is 2.17 bits per heavy atom. The first-order chi connectivity index (χ1) is 10.9. The number of hydrogen-bond donors (Lipinski definition) is 3. The summed E-state index contributed by atoms with van der Waals surface area (Å²) in [4.78, 5) is 24.9. The Morgan fingerprint density at radius 1 is 1.43 bits per heavy atom. The van der Waals surface area contributed by atoms with Crippen LogP contribution >= 0.6 is 0 Å². The first-order valence-electron chi connectivity index (χ1n) is 7.89. The second-order valence-electron chi connectivity index (χ2n) is 6.78. The number of benzene rings is 1. The summed E-state index contributed by atoms with van der Waals surface area (Å²) in [6, 6.07) is 5.42. The van der Waals surface area contributed by atoms with Gasteiger partial charge in [0.2, 0.25) is 0 Å². The third-order valence-corrected chi connectivity index (χ3v) is 4.94. The highest BCUT2D eigenvalue weighted by atomic mass is 16.5. The van der Waals surface area contributed by atoms with E-state index in [1.54, 1.807) is 12.1 Å².